The van der Waals surface area contributed by atoms with Crippen LogP contribution in [0.1, 0.15) is 77.0 Å². The molecule has 0 aliphatic rings. The maximum Gasteiger partial charge on any atom is 0.144 e. The zero-order chi connectivity index (χ0) is 34.1. The number of ketones is 1. The lowest BCUT2D eigenvalue weighted by Crippen LogP contribution is -2.29. The number of aliphatic hydroxyl groups is 2. The average Bonchev–Trinajstić information content (AvgIpc) is 3.06. The van der Waals surface area contributed by atoms with Crippen molar-refractivity contribution in [3.05, 3.63) is 113 Å². The van der Waals surface area contributed by atoms with Crippen molar-refractivity contribution in [3.8, 4) is 0 Å². The number of aliphatic hydroxyl groups excluding tert-OH is 2. The van der Waals surface area contributed by atoms with Crippen LogP contribution in [0, 0.1) is 17.7 Å². The monoisotopic (exact) mass is 630 g/mol. The summed E-state index contributed by atoms with van der Waals surface area (Å²) in [7, 11) is 1.87. The summed E-state index contributed by atoms with van der Waals surface area (Å²) in [6.45, 7) is 10.5. The summed E-state index contributed by atoms with van der Waals surface area (Å²) in [5.41, 5.74) is 6.52. The van der Waals surface area contributed by atoms with Crippen LogP contribution < -0.4 is 5.32 Å². The minimum absolute atomic E-state index is 0.0347. The summed E-state index contributed by atoms with van der Waals surface area (Å²) in [5.74, 6) is 0.00883. The largest absolute Gasteiger partial charge is 0.393 e. The fourth-order valence-electron chi connectivity index (χ4n) is 5.29. The minimum Gasteiger partial charge on any atom is -0.393 e. The van der Waals surface area contributed by atoms with Gasteiger partial charge in [-0.15, -0.1) is 0 Å². The Kier molecular flexibility index (Phi) is 16.7. The molecule has 6 nitrogen and oxygen atoms in total. The highest BCUT2D eigenvalue weighted by molar-refractivity contribution is 5.90. The smallest absolute Gasteiger partial charge is 0.144 e. The molecule has 0 saturated carbocycles. The summed E-state index contributed by atoms with van der Waals surface area (Å²) >= 11 is 0. The first-order valence-corrected chi connectivity index (χ1v) is 16.1. The Morgan fingerprint density at radius 2 is 1.59 bits per heavy atom. The van der Waals surface area contributed by atoms with E-state index in [1.165, 1.54) is 12.1 Å². The molecule has 46 heavy (non-hydrogen) atoms. The number of nitrogens with zero attached hydrogens (tertiary/aromatic N) is 1. The summed E-state index contributed by atoms with van der Waals surface area (Å²) in [6, 6.07) is 24.0. The van der Waals surface area contributed by atoms with Crippen LogP contribution in [0.3, 0.4) is 0 Å². The van der Waals surface area contributed by atoms with Gasteiger partial charge in [-0.05, 0) is 96.3 Å². The van der Waals surface area contributed by atoms with E-state index in [4.69, 9.17) is 5.11 Å². The van der Waals surface area contributed by atoms with Crippen LogP contribution in [0.5, 0.6) is 0 Å². The molecule has 0 radical (unpaired) electrons. The number of carbonyl (C=O) groups excluding carboxylic acids is 2. The van der Waals surface area contributed by atoms with Gasteiger partial charge in [0.15, 0.2) is 0 Å². The van der Waals surface area contributed by atoms with E-state index in [-0.39, 0.29) is 30.0 Å². The Morgan fingerprint density at radius 1 is 0.957 bits per heavy atom. The van der Waals surface area contributed by atoms with Gasteiger partial charge in [0.25, 0.3) is 0 Å². The molecule has 0 spiro atoms. The van der Waals surface area contributed by atoms with Crippen LogP contribution in [-0.2, 0) is 16.2 Å². The van der Waals surface area contributed by atoms with E-state index in [1.807, 2.05) is 96.3 Å². The highest BCUT2D eigenvalue weighted by Gasteiger charge is 2.23. The van der Waals surface area contributed by atoms with Gasteiger partial charge in [-0.25, -0.2) is 4.39 Å². The first-order chi connectivity index (χ1) is 22.0. The quantitative estimate of drug-likeness (QED) is 0.0842. The van der Waals surface area contributed by atoms with Crippen molar-refractivity contribution in [2.24, 2.45) is 11.8 Å². The van der Waals surface area contributed by atoms with Crippen molar-refractivity contribution < 1.29 is 24.2 Å². The van der Waals surface area contributed by atoms with E-state index < -0.39 is 6.10 Å². The molecule has 0 aromatic heterocycles. The second-order valence-corrected chi connectivity index (χ2v) is 11.9. The van der Waals surface area contributed by atoms with Gasteiger partial charge >= 0.3 is 0 Å². The molecule has 3 aromatic rings. The van der Waals surface area contributed by atoms with E-state index in [1.54, 1.807) is 18.2 Å². The fourth-order valence-corrected chi connectivity index (χ4v) is 5.29. The van der Waals surface area contributed by atoms with Gasteiger partial charge in [0.2, 0.25) is 0 Å². The van der Waals surface area contributed by atoms with Crippen LogP contribution in [0.25, 0.3) is 11.3 Å². The molecule has 0 saturated heterocycles. The molecule has 3 N–H and O–H groups in total. The number of hydrogen-bond acceptors (Lipinski definition) is 6. The Balaban J connectivity index is 0.000000623. The Hall–Kier alpha value is -4.07. The van der Waals surface area contributed by atoms with E-state index in [9.17, 15) is 19.1 Å². The Labute approximate surface area is 274 Å². The molecule has 2 atom stereocenters. The number of nitrogens with one attached hydrogen (secondary N) is 1. The number of rotatable bonds is 16. The SMILES string of the molecule is CCC(=O)CC(C)CC(O)CCN(/C(=C/C=O)C(C)C)/C(=C(\C)c1ccccc1)c1ccc(F)cc1.CNc1ccc(CO)cc1. The summed E-state index contributed by atoms with van der Waals surface area (Å²) < 4.78 is 13.8. The zero-order valence-electron chi connectivity index (χ0n) is 28.2. The zero-order valence-corrected chi connectivity index (χ0v) is 28.2. The highest BCUT2D eigenvalue weighted by atomic mass is 19.1. The van der Waals surface area contributed by atoms with Crippen molar-refractivity contribution in [2.45, 2.75) is 73.0 Å². The van der Waals surface area contributed by atoms with Crippen molar-refractivity contribution in [3.63, 3.8) is 0 Å². The second kappa shape index (κ2) is 20.1. The molecule has 2 unspecified atom stereocenters. The normalized spacial score (nSPS) is 13.2. The third-order valence-corrected chi connectivity index (χ3v) is 7.85. The number of halogens is 1. The Morgan fingerprint density at radius 3 is 2.11 bits per heavy atom. The van der Waals surface area contributed by atoms with Crippen molar-refractivity contribution in [1.29, 1.82) is 0 Å². The van der Waals surface area contributed by atoms with Crippen molar-refractivity contribution in [1.82, 2.24) is 4.90 Å². The molecular weight excluding hydrogens is 579 g/mol. The maximum atomic E-state index is 13.8. The molecule has 7 heteroatoms. The fraction of sp³-hybridized carbons (Fsp3) is 0.385. The van der Waals surface area contributed by atoms with E-state index in [0.717, 1.165) is 45.6 Å². The van der Waals surface area contributed by atoms with Crippen LogP contribution in [-0.4, -0.2) is 46.9 Å². The topological polar surface area (TPSA) is 89.9 Å². The summed E-state index contributed by atoms with van der Waals surface area (Å²) in [6.07, 6.45) is 3.73. The van der Waals surface area contributed by atoms with Crippen LogP contribution >= 0.6 is 0 Å². The van der Waals surface area contributed by atoms with Gasteiger partial charge in [0.05, 0.1) is 18.4 Å². The molecule has 0 fully saturated rings. The third kappa shape index (κ3) is 12.4. The third-order valence-electron chi connectivity index (χ3n) is 7.85. The Bertz CT molecular complexity index is 1380. The van der Waals surface area contributed by atoms with Crippen molar-refractivity contribution in [2.75, 3.05) is 18.9 Å². The van der Waals surface area contributed by atoms with E-state index >= 15 is 0 Å². The highest BCUT2D eigenvalue weighted by Crippen LogP contribution is 2.34. The standard InChI is InChI=1S/C31H40FNO3.C8H11NO/c1-6-28(35)20-23(4)21-29(36)16-18-33(30(17-19-34)22(2)3)31(26-12-14-27(32)15-13-26)24(5)25-10-8-7-9-11-25;1-9-8-4-2-7(6-10)3-5-8/h7-15,17,19,22-23,29,36H,6,16,18,20-21H2,1-5H3;2-5,9-10H,6H2,1H3/b30-17+,31-24+;. The molecule has 248 valence electrons. The number of Topliss-reactive ketones (excluding diaryl/α,β-unsaturated/α-hetero) is 1. The molecule has 0 heterocycles. The molecule has 0 aliphatic heterocycles. The van der Waals surface area contributed by atoms with Gasteiger partial charge < -0.3 is 20.4 Å². The van der Waals surface area contributed by atoms with E-state index in [2.05, 4.69) is 10.2 Å². The number of allylic oxidation sites excluding steroid dienone is 3. The van der Waals surface area contributed by atoms with Gasteiger partial charge in [-0.3, -0.25) is 9.59 Å². The molecule has 3 aromatic carbocycles. The number of carbonyl (C=O) groups is 2. The lowest BCUT2D eigenvalue weighted by atomic mass is 9.94. The van der Waals surface area contributed by atoms with Gasteiger partial charge in [0.1, 0.15) is 17.9 Å². The summed E-state index contributed by atoms with van der Waals surface area (Å²) in [5, 5.41) is 22.5. The predicted molar refractivity (Wildman–Crippen MR) is 187 cm³/mol. The first kappa shape index (κ1) is 38.1. The molecular formula is C39H51FN2O4. The minimum atomic E-state index is -0.594. The molecule has 3 rings (SSSR count). The molecule has 0 amide bonds. The average molecular weight is 631 g/mol. The summed E-state index contributed by atoms with van der Waals surface area (Å²) in [4.78, 5) is 25.5. The van der Waals surface area contributed by atoms with Gasteiger partial charge in [-0.1, -0.05) is 70.2 Å². The predicted octanol–water partition coefficient (Wildman–Crippen LogP) is 8.12. The number of aldehydes is 1. The lowest BCUT2D eigenvalue weighted by molar-refractivity contribution is -0.119. The van der Waals surface area contributed by atoms with Crippen LogP contribution in [0.15, 0.2) is 90.6 Å². The molecule has 0 aliphatic carbocycles. The second-order valence-electron chi connectivity index (χ2n) is 11.9. The van der Waals surface area contributed by atoms with E-state index in [0.29, 0.717) is 32.2 Å². The number of anilines is 1. The van der Waals surface area contributed by atoms with Gasteiger partial charge in [-0.2, -0.15) is 0 Å². The molecule has 0 bridgehead atoms. The first-order valence-electron chi connectivity index (χ1n) is 16.1. The van der Waals surface area contributed by atoms with Gasteiger partial charge in [0, 0.05) is 37.8 Å². The van der Waals surface area contributed by atoms with Crippen LogP contribution in [0.2, 0.25) is 0 Å². The number of hydrogen-bond donors (Lipinski definition) is 3. The maximum absolute atomic E-state index is 13.8. The van der Waals surface area contributed by atoms with Crippen molar-refractivity contribution >= 4 is 29.0 Å². The number of benzene rings is 3. The lowest BCUT2D eigenvalue weighted by Gasteiger charge is -2.34. The van der Waals surface area contributed by atoms with Crippen LogP contribution in [0.4, 0.5) is 10.1 Å².